The Hall–Kier alpha value is -0.560. The number of amides is 1. The van der Waals surface area contributed by atoms with Crippen LogP contribution < -0.4 is 0 Å². The fourth-order valence-electron chi connectivity index (χ4n) is 1.74. The lowest BCUT2D eigenvalue weighted by molar-refractivity contribution is -0.129. The Morgan fingerprint density at radius 1 is 1.20 bits per heavy atom. The minimum Gasteiger partial charge on any atom is -0.395 e. The molecule has 20 heavy (non-hydrogen) atoms. The Bertz CT molecular complexity index is 462. The fourth-order valence-corrected chi connectivity index (χ4v) is 3.21. The molecule has 4 nitrogen and oxygen atoms in total. The average Bonchev–Trinajstić information content (AvgIpc) is 2.41. The van der Waals surface area contributed by atoms with E-state index in [1.165, 1.54) is 16.7 Å². The molecule has 0 aliphatic rings. The fraction of sp³-hybridized carbons (Fsp3) is 0.500. The highest BCUT2D eigenvalue weighted by Gasteiger charge is 2.13. The molecule has 1 aromatic rings. The van der Waals surface area contributed by atoms with E-state index in [2.05, 4.69) is 22.0 Å². The van der Waals surface area contributed by atoms with E-state index in [0.29, 0.717) is 5.75 Å². The number of aryl methyl sites for hydroxylation is 2. The third-order valence-corrected chi connectivity index (χ3v) is 4.90. The topological polar surface area (TPSA) is 60.8 Å². The van der Waals surface area contributed by atoms with Crippen molar-refractivity contribution in [1.29, 1.82) is 0 Å². The predicted octanol–water partition coefficient (Wildman–Crippen LogP) is 1.97. The van der Waals surface area contributed by atoms with Crippen LogP contribution >= 0.6 is 27.7 Å². The first-order chi connectivity index (χ1) is 9.49. The Kier molecular flexibility index (Phi) is 7.58. The molecule has 2 N–H and O–H groups in total. The summed E-state index contributed by atoms with van der Waals surface area (Å²) in [6.07, 6.45) is 0. The Labute approximate surface area is 132 Å². The summed E-state index contributed by atoms with van der Waals surface area (Å²) >= 11 is 4.97. The first-order valence-corrected chi connectivity index (χ1v) is 8.16. The summed E-state index contributed by atoms with van der Waals surface area (Å²) in [6, 6.07) is 4.10. The smallest absolute Gasteiger partial charge is 0.233 e. The molecule has 0 heterocycles. The van der Waals surface area contributed by atoms with E-state index in [1.807, 2.05) is 19.9 Å². The molecule has 1 rings (SSSR count). The molecule has 0 aromatic heterocycles. The molecule has 0 saturated heterocycles. The molecule has 6 heteroatoms. The van der Waals surface area contributed by atoms with Gasteiger partial charge in [-0.2, -0.15) is 0 Å². The van der Waals surface area contributed by atoms with Crippen LogP contribution in [0.15, 0.2) is 21.5 Å². The van der Waals surface area contributed by atoms with E-state index in [9.17, 15) is 4.79 Å². The van der Waals surface area contributed by atoms with Crippen molar-refractivity contribution in [3.8, 4) is 0 Å². The third-order valence-electron chi connectivity index (χ3n) is 2.90. The van der Waals surface area contributed by atoms with Crippen LogP contribution in [-0.4, -0.2) is 53.1 Å². The highest BCUT2D eigenvalue weighted by Crippen LogP contribution is 2.28. The van der Waals surface area contributed by atoms with Gasteiger partial charge >= 0.3 is 0 Å². The van der Waals surface area contributed by atoms with E-state index in [1.54, 1.807) is 0 Å². The van der Waals surface area contributed by atoms with Gasteiger partial charge in [0.1, 0.15) is 0 Å². The van der Waals surface area contributed by atoms with E-state index in [0.717, 1.165) is 20.5 Å². The number of hydrogen-bond acceptors (Lipinski definition) is 4. The molecular weight excluding hydrogens is 342 g/mol. The molecular formula is C14H20BrNO3S. The van der Waals surface area contributed by atoms with Gasteiger partial charge in [0.25, 0.3) is 0 Å². The number of thioether (sulfide) groups is 1. The third kappa shape index (κ3) is 5.09. The molecule has 112 valence electrons. The quantitative estimate of drug-likeness (QED) is 0.729. The monoisotopic (exact) mass is 361 g/mol. The number of carbonyl (C=O) groups excluding carboxylic acids is 1. The van der Waals surface area contributed by atoms with Crippen LogP contribution in [0.1, 0.15) is 11.1 Å². The van der Waals surface area contributed by atoms with Gasteiger partial charge in [-0.05, 0) is 37.1 Å². The summed E-state index contributed by atoms with van der Waals surface area (Å²) in [5, 5.41) is 17.8. The lowest BCUT2D eigenvalue weighted by Gasteiger charge is -2.20. The SMILES string of the molecule is Cc1cc(SCC(=O)N(CCO)CCO)c(C)cc1Br. The van der Waals surface area contributed by atoms with Crippen molar-refractivity contribution in [1.82, 2.24) is 4.90 Å². The largest absolute Gasteiger partial charge is 0.395 e. The summed E-state index contributed by atoms with van der Waals surface area (Å²) in [7, 11) is 0. The second-order valence-corrected chi connectivity index (χ2v) is 6.36. The van der Waals surface area contributed by atoms with Crippen molar-refractivity contribution in [3.05, 3.63) is 27.7 Å². The molecule has 0 aliphatic carbocycles. The molecule has 0 unspecified atom stereocenters. The number of aliphatic hydroxyl groups excluding tert-OH is 2. The van der Waals surface area contributed by atoms with Crippen LogP contribution in [0.4, 0.5) is 0 Å². The molecule has 0 fully saturated rings. The zero-order valence-corrected chi connectivity index (χ0v) is 14.1. The number of hydrogen-bond donors (Lipinski definition) is 2. The van der Waals surface area contributed by atoms with Gasteiger partial charge in [-0.3, -0.25) is 4.79 Å². The maximum Gasteiger partial charge on any atom is 0.233 e. The normalized spacial score (nSPS) is 10.7. The summed E-state index contributed by atoms with van der Waals surface area (Å²) < 4.78 is 1.06. The number of aliphatic hydroxyl groups is 2. The van der Waals surface area contributed by atoms with Crippen LogP contribution in [0, 0.1) is 13.8 Å². The van der Waals surface area contributed by atoms with Crippen LogP contribution in [0.2, 0.25) is 0 Å². The van der Waals surface area contributed by atoms with Gasteiger partial charge in [0.2, 0.25) is 5.91 Å². The van der Waals surface area contributed by atoms with Gasteiger partial charge in [0.15, 0.2) is 0 Å². The van der Waals surface area contributed by atoms with Crippen molar-refractivity contribution >= 4 is 33.6 Å². The number of nitrogens with zero attached hydrogens (tertiary/aromatic N) is 1. The van der Waals surface area contributed by atoms with E-state index in [-0.39, 0.29) is 32.2 Å². The zero-order chi connectivity index (χ0) is 15.1. The predicted molar refractivity (Wildman–Crippen MR) is 85.1 cm³/mol. The number of rotatable bonds is 7. The number of carbonyl (C=O) groups is 1. The van der Waals surface area contributed by atoms with Crippen molar-refractivity contribution in [2.45, 2.75) is 18.7 Å². The molecule has 0 radical (unpaired) electrons. The second-order valence-electron chi connectivity index (χ2n) is 4.48. The van der Waals surface area contributed by atoms with Crippen molar-refractivity contribution in [3.63, 3.8) is 0 Å². The van der Waals surface area contributed by atoms with Gasteiger partial charge in [-0.15, -0.1) is 11.8 Å². The number of benzene rings is 1. The summed E-state index contributed by atoms with van der Waals surface area (Å²) in [5.74, 6) is 0.236. The maximum absolute atomic E-state index is 12.0. The molecule has 1 amide bonds. The van der Waals surface area contributed by atoms with Gasteiger partial charge < -0.3 is 15.1 Å². The van der Waals surface area contributed by atoms with Crippen molar-refractivity contribution < 1.29 is 15.0 Å². The lowest BCUT2D eigenvalue weighted by atomic mass is 10.2. The maximum atomic E-state index is 12.0. The summed E-state index contributed by atoms with van der Waals surface area (Å²) in [6.45, 7) is 4.37. The number of halogens is 1. The van der Waals surface area contributed by atoms with Gasteiger partial charge in [0.05, 0.1) is 19.0 Å². The average molecular weight is 362 g/mol. The molecule has 0 bridgehead atoms. The molecule has 0 aliphatic heterocycles. The standard InChI is InChI=1S/C14H20BrNO3S/c1-10-8-13(11(2)7-12(10)15)20-9-14(19)16(3-5-17)4-6-18/h7-8,17-18H,3-6,9H2,1-2H3. The van der Waals surface area contributed by atoms with Crippen molar-refractivity contribution in [2.75, 3.05) is 32.1 Å². The van der Waals surface area contributed by atoms with E-state index in [4.69, 9.17) is 10.2 Å². The van der Waals surface area contributed by atoms with Crippen LogP contribution in [0.5, 0.6) is 0 Å². The molecule has 0 atom stereocenters. The lowest BCUT2D eigenvalue weighted by Crippen LogP contribution is -2.37. The Balaban J connectivity index is 2.66. The minimum absolute atomic E-state index is 0.0712. The minimum atomic E-state index is -0.0905. The Morgan fingerprint density at radius 2 is 1.80 bits per heavy atom. The summed E-state index contributed by atoms with van der Waals surface area (Å²) in [4.78, 5) is 14.6. The molecule has 1 aromatic carbocycles. The van der Waals surface area contributed by atoms with Crippen molar-refractivity contribution in [2.24, 2.45) is 0 Å². The van der Waals surface area contributed by atoms with Crippen LogP contribution in [0.25, 0.3) is 0 Å². The summed E-state index contributed by atoms with van der Waals surface area (Å²) in [5.41, 5.74) is 2.25. The molecule has 0 spiro atoms. The van der Waals surface area contributed by atoms with Crippen LogP contribution in [0.3, 0.4) is 0 Å². The molecule has 0 saturated carbocycles. The van der Waals surface area contributed by atoms with E-state index < -0.39 is 0 Å². The van der Waals surface area contributed by atoms with E-state index >= 15 is 0 Å². The van der Waals surface area contributed by atoms with Gasteiger partial charge in [-0.1, -0.05) is 15.9 Å². The highest BCUT2D eigenvalue weighted by atomic mass is 79.9. The second kappa shape index (κ2) is 8.67. The Morgan fingerprint density at radius 3 is 2.35 bits per heavy atom. The van der Waals surface area contributed by atoms with Crippen LogP contribution in [-0.2, 0) is 4.79 Å². The van der Waals surface area contributed by atoms with Gasteiger partial charge in [0, 0.05) is 22.5 Å². The zero-order valence-electron chi connectivity index (χ0n) is 11.7. The highest BCUT2D eigenvalue weighted by molar-refractivity contribution is 9.10. The van der Waals surface area contributed by atoms with Gasteiger partial charge in [-0.25, -0.2) is 0 Å². The first-order valence-electron chi connectivity index (χ1n) is 6.38. The first kappa shape index (κ1) is 17.5.